The molecular weight excluding hydrogens is 173 g/mol. The summed E-state index contributed by atoms with van der Waals surface area (Å²) in [4.78, 5) is 11.4. The van der Waals surface area contributed by atoms with E-state index in [9.17, 15) is 4.79 Å². The molecule has 0 aromatic carbocycles. The van der Waals surface area contributed by atoms with E-state index in [0.29, 0.717) is 13.0 Å². The van der Waals surface area contributed by atoms with Crippen molar-refractivity contribution in [3.05, 3.63) is 0 Å². The molecule has 0 radical (unpaired) electrons. The van der Waals surface area contributed by atoms with E-state index in [-0.39, 0.29) is 12.6 Å². The van der Waals surface area contributed by atoms with E-state index in [4.69, 9.17) is 9.76 Å². The normalized spacial score (nSPS) is 27.3. The van der Waals surface area contributed by atoms with Gasteiger partial charge in [0.2, 0.25) is 0 Å². The van der Waals surface area contributed by atoms with Crippen molar-refractivity contribution in [1.82, 2.24) is 5.23 Å². The maximum absolute atomic E-state index is 11.4. The molecule has 1 atom stereocenters. The van der Waals surface area contributed by atoms with E-state index in [1.165, 1.54) is 7.11 Å². The SMILES string of the molecule is COC(=O)C1(NB(C)O)CCOC1. The summed E-state index contributed by atoms with van der Waals surface area (Å²) in [5.41, 5.74) is -0.858. The van der Waals surface area contributed by atoms with E-state index in [1.54, 1.807) is 6.82 Å². The lowest BCUT2D eigenvalue weighted by Gasteiger charge is -2.26. The molecule has 1 aliphatic heterocycles. The van der Waals surface area contributed by atoms with Gasteiger partial charge < -0.3 is 19.7 Å². The van der Waals surface area contributed by atoms with Gasteiger partial charge in [-0.15, -0.1) is 0 Å². The van der Waals surface area contributed by atoms with Gasteiger partial charge in [0.15, 0.2) is 0 Å². The van der Waals surface area contributed by atoms with Crippen LogP contribution in [0.15, 0.2) is 0 Å². The predicted molar refractivity (Wildman–Crippen MR) is 47.2 cm³/mol. The Hall–Kier alpha value is -0.585. The molecule has 6 heteroatoms. The number of methoxy groups -OCH3 is 1. The number of carbonyl (C=O) groups excluding carboxylic acids is 1. The van der Waals surface area contributed by atoms with E-state index in [1.807, 2.05) is 0 Å². The molecule has 1 heterocycles. The summed E-state index contributed by atoms with van der Waals surface area (Å²) in [6.07, 6.45) is 0.532. The summed E-state index contributed by atoms with van der Waals surface area (Å²) in [7, 11) is 0.576. The summed E-state index contributed by atoms with van der Waals surface area (Å²) in [5, 5.41) is 11.9. The molecule has 1 saturated heterocycles. The lowest BCUT2D eigenvalue weighted by atomic mass is 9.82. The smallest absolute Gasteiger partial charge is 0.374 e. The Morgan fingerprint density at radius 1 is 1.77 bits per heavy atom. The first-order valence-electron chi connectivity index (χ1n) is 4.23. The molecule has 0 aromatic heterocycles. The van der Waals surface area contributed by atoms with Crippen molar-refractivity contribution < 1.29 is 19.3 Å². The van der Waals surface area contributed by atoms with Crippen molar-refractivity contribution in [2.24, 2.45) is 0 Å². The lowest BCUT2D eigenvalue weighted by Crippen LogP contribution is -2.58. The van der Waals surface area contributed by atoms with Crippen molar-refractivity contribution in [3.8, 4) is 0 Å². The van der Waals surface area contributed by atoms with E-state index >= 15 is 0 Å². The molecule has 0 aliphatic carbocycles. The number of hydrogen-bond donors (Lipinski definition) is 2. The quantitative estimate of drug-likeness (QED) is 0.439. The zero-order chi connectivity index (χ0) is 9.90. The Morgan fingerprint density at radius 3 is 2.85 bits per heavy atom. The summed E-state index contributed by atoms with van der Waals surface area (Å²) in [6, 6.07) is 0. The van der Waals surface area contributed by atoms with Crippen LogP contribution in [0.5, 0.6) is 0 Å². The van der Waals surface area contributed by atoms with Gasteiger partial charge in [-0.25, -0.2) is 0 Å². The Kier molecular flexibility index (Phi) is 3.30. The lowest BCUT2D eigenvalue weighted by molar-refractivity contribution is -0.147. The van der Waals surface area contributed by atoms with Crippen LogP contribution in [0.2, 0.25) is 6.82 Å². The van der Waals surface area contributed by atoms with Crippen LogP contribution in [-0.2, 0) is 14.3 Å². The topological polar surface area (TPSA) is 67.8 Å². The average Bonchev–Trinajstić information content (AvgIpc) is 2.51. The molecule has 0 aromatic rings. The van der Waals surface area contributed by atoms with Crippen LogP contribution in [0.4, 0.5) is 0 Å². The van der Waals surface area contributed by atoms with E-state index in [0.717, 1.165) is 0 Å². The van der Waals surface area contributed by atoms with E-state index in [2.05, 4.69) is 9.96 Å². The molecule has 1 aliphatic rings. The monoisotopic (exact) mass is 187 g/mol. The van der Waals surface area contributed by atoms with Crippen LogP contribution < -0.4 is 5.23 Å². The molecule has 13 heavy (non-hydrogen) atoms. The van der Waals surface area contributed by atoms with Crippen molar-refractivity contribution >= 4 is 13.0 Å². The first kappa shape index (κ1) is 10.5. The summed E-state index contributed by atoms with van der Waals surface area (Å²) < 4.78 is 9.76. The number of esters is 1. The summed E-state index contributed by atoms with van der Waals surface area (Å²) in [6.45, 7) is 2.32. The molecule has 0 spiro atoms. The minimum absolute atomic E-state index is 0.255. The molecule has 0 bridgehead atoms. The average molecular weight is 187 g/mol. The zero-order valence-electron chi connectivity index (χ0n) is 7.87. The number of rotatable bonds is 3. The third-order valence-corrected chi connectivity index (χ3v) is 2.08. The van der Waals surface area contributed by atoms with Gasteiger partial charge in [-0.05, 0) is 6.82 Å². The van der Waals surface area contributed by atoms with Gasteiger partial charge in [0.05, 0.1) is 13.7 Å². The predicted octanol–water partition coefficient (Wildman–Crippen LogP) is -0.982. The Labute approximate surface area is 77.5 Å². The third kappa shape index (κ3) is 2.21. The van der Waals surface area contributed by atoms with Gasteiger partial charge in [0.25, 0.3) is 0 Å². The highest BCUT2D eigenvalue weighted by molar-refractivity contribution is 6.46. The molecule has 1 fully saturated rings. The first-order chi connectivity index (χ1) is 6.10. The molecule has 5 nitrogen and oxygen atoms in total. The Balaban J connectivity index is 2.68. The molecule has 74 valence electrons. The molecule has 2 N–H and O–H groups in total. The van der Waals surface area contributed by atoms with Gasteiger partial charge in [-0.2, -0.15) is 0 Å². The first-order valence-corrected chi connectivity index (χ1v) is 4.23. The molecular formula is C7H14BNO4. The van der Waals surface area contributed by atoms with Gasteiger partial charge >= 0.3 is 13.0 Å². The fraction of sp³-hybridized carbons (Fsp3) is 0.857. The number of ether oxygens (including phenoxy) is 2. The minimum atomic E-state index is -0.858. The highest BCUT2D eigenvalue weighted by atomic mass is 16.5. The largest absolute Gasteiger partial charge is 0.468 e. The fourth-order valence-corrected chi connectivity index (χ4v) is 1.49. The standard InChI is InChI=1S/C7H14BNO4/c1-8(11)9-7(6(10)12-2)3-4-13-5-7/h9,11H,3-5H2,1-2H3. The Bertz CT molecular complexity index is 191. The number of hydrogen-bond acceptors (Lipinski definition) is 5. The number of carbonyl (C=O) groups is 1. The van der Waals surface area contributed by atoms with Crippen LogP contribution in [0.1, 0.15) is 6.42 Å². The zero-order valence-corrected chi connectivity index (χ0v) is 7.87. The second-order valence-corrected chi connectivity index (χ2v) is 3.20. The van der Waals surface area contributed by atoms with Crippen LogP contribution in [-0.4, -0.2) is 43.9 Å². The maximum atomic E-state index is 11.4. The van der Waals surface area contributed by atoms with E-state index < -0.39 is 12.6 Å². The van der Waals surface area contributed by atoms with Gasteiger partial charge in [-0.1, -0.05) is 0 Å². The van der Waals surface area contributed by atoms with Crippen molar-refractivity contribution in [1.29, 1.82) is 0 Å². The highest BCUT2D eigenvalue weighted by Gasteiger charge is 2.44. The van der Waals surface area contributed by atoms with Crippen LogP contribution in [0.3, 0.4) is 0 Å². The molecule has 0 amide bonds. The van der Waals surface area contributed by atoms with Crippen molar-refractivity contribution in [2.45, 2.75) is 18.8 Å². The number of nitrogens with one attached hydrogen (secondary N) is 1. The van der Waals surface area contributed by atoms with Crippen LogP contribution in [0, 0.1) is 0 Å². The Morgan fingerprint density at radius 2 is 2.46 bits per heavy atom. The highest BCUT2D eigenvalue weighted by Crippen LogP contribution is 2.20. The summed E-state index contributed by atoms with van der Waals surface area (Å²) in [5.74, 6) is -0.383. The maximum Gasteiger partial charge on any atom is 0.374 e. The minimum Gasteiger partial charge on any atom is -0.468 e. The molecule has 1 rings (SSSR count). The summed E-state index contributed by atoms with van der Waals surface area (Å²) >= 11 is 0. The molecule has 0 saturated carbocycles. The van der Waals surface area contributed by atoms with Crippen LogP contribution in [0.25, 0.3) is 0 Å². The van der Waals surface area contributed by atoms with Gasteiger partial charge in [0.1, 0.15) is 5.54 Å². The second-order valence-electron chi connectivity index (χ2n) is 3.20. The van der Waals surface area contributed by atoms with Gasteiger partial charge in [0, 0.05) is 13.0 Å². The van der Waals surface area contributed by atoms with Crippen LogP contribution >= 0.6 is 0 Å². The second kappa shape index (κ2) is 4.08. The molecule has 1 unspecified atom stereocenters. The van der Waals surface area contributed by atoms with Crippen molar-refractivity contribution in [3.63, 3.8) is 0 Å². The third-order valence-electron chi connectivity index (χ3n) is 2.08. The fourth-order valence-electron chi connectivity index (χ4n) is 1.49. The van der Waals surface area contributed by atoms with Crippen molar-refractivity contribution in [2.75, 3.05) is 20.3 Å². The van der Waals surface area contributed by atoms with Gasteiger partial charge in [-0.3, -0.25) is 4.79 Å².